The van der Waals surface area contributed by atoms with Gasteiger partial charge in [0, 0.05) is 23.2 Å². The molecule has 0 aliphatic rings. The molecular weight excluding hydrogens is 236 g/mol. The van der Waals surface area contributed by atoms with Crippen molar-refractivity contribution in [2.75, 3.05) is 0 Å². The number of pyridine rings is 1. The third-order valence-electron chi connectivity index (χ3n) is 3.36. The van der Waals surface area contributed by atoms with Crippen LogP contribution in [0.1, 0.15) is 22.9 Å². The van der Waals surface area contributed by atoms with Gasteiger partial charge in [0.15, 0.2) is 0 Å². The van der Waals surface area contributed by atoms with Crippen molar-refractivity contribution in [3.8, 4) is 0 Å². The molecule has 1 aromatic carbocycles. The zero-order valence-corrected chi connectivity index (χ0v) is 10.8. The molecule has 19 heavy (non-hydrogen) atoms. The highest BCUT2D eigenvalue weighted by atomic mass is 16.3. The zero-order chi connectivity index (χ0) is 13.2. The fourth-order valence-electron chi connectivity index (χ4n) is 2.35. The normalized spacial score (nSPS) is 12.7. The molecular formula is C16H16N2O. The average Bonchev–Trinajstić information content (AvgIpc) is 2.86. The Hall–Kier alpha value is -2.13. The van der Waals surface area contributed by atoms with Crippen molar-refractivity contribution >= 4 is 10.9 Å². The van der Waals surface area contributed by atoms with E-state index in [0.29, 0.717) is 0 Å². The first-order valence-electron chi connectivity index (χ1n) is 6.37. The van der Waals surface area contributed by atoms with Gasteiger partial charge in [-0.15, -0.1) is 0 Å². The topological polar surface area (TPSA) is 52.0 Å². The molecule has 96 valence electrons. The zero-order valence-electron chi connectivity index (χ0n) is 10.8. The number of aryl methyl sites for hydroxylation is 1. The van der Waals surface area contributed by atoms with Crippen LogP contribution in [0.3, 0.4) is 0 Å². The molecule has 3 nitrogen and oxygen atoms in total. The molecule has 0 fully saturated rings. The summed E-state index contributed by atoms with van der Waals surface area (Å²) in [5.74, 6) is 0.894. The maximum Gasteiger partial charge on any atom is 0.101 e. The number of rotatable bonds is 3. The van der Waals surface area contributed by atoms with Gasteiger partial charge < -0.3 is 10.2 Å². The number of fused-ring (bicyclic) bond motifs is 1. The van der Waals surface area contributed by atoms with Crippen LogP contribution in [-0.2, 0) is 6.42 Å². The first kappa shape index (κ1) is 11.9. The van der Waals surface area contributed by atoms with Crippen LogP contribution in [0.4, 0.5) is 0 Å². The largest absolute Gasteiger partial charge is 0.469 e. The lowest BCUT2D eigenvalue weighted by Crippen LogP contribution is -2.12. The van der Waals surface area contributed by atoms with E-state index in [1.54, 1.807) is 6.26 Å². The molecule has 1 unspecified atom stereocenters. The molecule has 3 rings (SSSR count). The number of aromatic nitrogens is 1. The molecule has 0 aliphatic carbocycles. The van der Waals surface area contributed by atoms with Crippen molar-refractivity contribution in [3.05, 3.63) is 65.7 Å². The Kier molecular flexibility index (Phi) is 3.05. The van der Waals surface area contributed by atoms with Crippen LogP contribution < -0.4 is 5.73 Å². The summed E-state index contributed by atoms with van der Waals surface area (Å²) in [6.45, 7) is 1.93. The van der Waals surface area contributed by atoms with E-state index in [-0.39, 0.29) is 6.04 Å². The SMILES string of the molecule is Cc1cc(C(N)Cc2ccnc3ccccc23)co1. The Balaban J connectivity index is 1.93. The second-order valence-electron chi connectivity index (χ2n) is 4.79. The van der Waals surface area contributed by atoms with Gasteiger partial charge in [-0.3, -0.25) is 4.98 Å². The van der Waals surface area contributed by atoms with Crippen molar-refractivity contribution in [2.45, 2.75) is 19.4 Å². The molecule has 1 atom stereocenters. The van der Waals surface area contributed by atoms with Gasteiger partial charge in [-0.25, -0.2) is 0 Å². The van der Waals surface area contributed by atoms with E-state index in [9.17, 15) is 0 Å². The summed E-state index contributed by atoms with van der Waals surface area (Å²) in [5, 5.41) is 1.17. The number of nitrogens with zero attached hydrogens (tertiary/aromatic N) is 1. The first-order chi connectivity index (χ1) is 9.24. The van der Waals surface area contributed by atoms with E-state index >= 15 is 0 Å². The number of nitrogens with two attached hydrogens (primary N) is 1. The van der Waals surface area contributed by atoms with E-state index in [1.165, 1.54) is 10.9 Å². The highest BCUT2D eigenvalue weighted by Gasteiger charge is 2.11. The summed E-state index contributed by atoms with van der Waals surface area (Å²) in [6, 6.07) is 12.1. The number of benzene rings is 1. The van der Waals surface area contributed by atoms with Gasteiger partial charge in [0.25, 0.3) is 0 Å². The Morgan fingerprint density at radius 3 is 2.89 bits per heavy atom. The molecule has 0 saturated carbocycles. The van der Waals surface area contributed by atoms with Crippen molar-refractivity contribution < 1.29 is 4.42 Å². The van der Waals surface area contributed by atoms with Crippen LogP contribution in [0.25, 0.3) is 10.9 Å². The Labute approximate surface area is 112 Å². The molecule has 0 radical (unpaired) electrons. The summed E-state index contributed by atoms with van der Waals surface area (Å²) >= 11 is 0. The molecule has 0 bridgehead atoms. The molecule has 2 N–H and O–H groups in total. The second-order valence-corrected chi connectivity index (χ2v) is 4.79. The molecule has 2 heterocycles. The van der Waals surface area contributed by atoms with Gasteiger partial charge >= 0.3 is 0 Å². The standard InChI is InChI=1S/C16H16N2O/c1-11-8-13(10-19-11)15(17)9-12-6-7-18-16-5-3-2-4-14(12)16/h2-8,10,15H,9,17H2,1H3. The molecule has 0 saturated heterocycles. The molecule has 0 spiro atoms. The molecule has 0 amide bonds. The fraction of sp³-hybridized carbons (Fsp3) is 0.188. The second kappa shape index (κ2) is 4.86. The molecule has 3 heteroatoms. The molecule has 0 aliphatic heterocycles. The van der Waals surface area contributed by atoms with Crippen LogP contribution in [0, 0.1) is 6.92 Å². The summed E-state index contributed by atoms with van der Waals surface area (Å²) in [7, 11) is 0. The summed E-state index contributed by atoms with van der Waals surface area (Å²) in [4.78, 5) is 4.37. The third kappa shape index (κ3) is 2.37. The predicted molar refractivity (Wildman–Crippen MR) is 75.8 cm³/mol. The third-order valence-corrected chi connectivity index (χ3v) is 3.36. The molecule has 2 aromatic heterocycles. The van der Waals surface area contributed by atoms with Crippen molar-refractivity contribution in [1.82, 2.24) is 4.98 Å². The predicted octanol–water partition coefficient (Wildman–Crippen LogP) is 3.38. The fourth-order valence-corrected chi connectivity index (χ4v) is 2.35. The number of furan rings is 1. The van der Waals surface area contributed by atoms with E-state index in [0.717, 1.165) is 23.3 Å². The number of hydrogen-bond acceptors (Lipinski definition) is 3. The minimum Gasteiger partial charge on any atom is -0.469 e. The van der Waals surface area contributed by atoms with Crippen LogP contribution in [0.2, 0.25) is 0 Å². The highest BCUT2D eigenvalue weighted by molar-refractivity contribution is 5.81. The molecule has 3 aromatic rings. The number of para-hydroxylation sites is 1. The Morgan fingerprint density at radius 2 is 2.11 bits per heavy atom. The maximum absolute atomic E-state index is 6.25. The van der Waals surface area contributed by atoms with Crippen LogP contribution in [0.5, 0.6) is 0 Å². The van der Waals surface area contributed by atoms with Crippen LogP contribution >= 0.6 is 0 Å². The Morgan fingerprint density at radius 1 is 1.26 bits per heavy atom. The van der Waals surface area contributed by atoms with E-state index in [4.69, 9.17) is 10.2 Å². The Bertz CT molecular complexity index is 697. The van der Waals surface area contributed by atoms with Gasteiger partial charge in [-0.2, -0.15) is 0 Å². The van der Waals surface area contributed by atoms with Crippen molar-refractivity contribution in [2.24, 2.45) is 5.73 Å². The number of hydrogen-bond donors (Lipinski definition) is 1. The van der Waals surface area contributed by atoms with Gasteiger partial charge in [0.2, 0.25) is 0 Å². The van der Waals surface area contributed by atoms with E-state index in [1.807, 2.05) is 43.5 Å². The van der Waals surface area contributed by atoms with Crippen molar-refractivity contribution in [1.29, 1.82) is 0 Å². The maximum atomic E-state index is 6.25. The quantitative estimate of drug-likeness (QED) is 0.777. The highest BCUT2D eigenvalue weighted by Crippen LogP contribution is 2.23. The van der Waals surface area contributed by atoms with Gasteiger partial charge in [-0.05, 0) is 37.1 Å². The van der Waals surface area contributed by atoms with E-state index < -0.39 is 0 Å². The summed E-state index contributed by atoms with van der Waals surface area (Å²) in [5.41, 5.74) is 9.52. The lowest BCUT2D eigenvalue weighted by molar-refractivity contribution is 0.528. The average molecular weight is 252 g/mol. The van der Waals surface area contributed by atoms with Gasteiger partial charge in [-0.1, -0.05) is 18.2 Å². The monoisotopic (exact) mass is 252 g/mol. The van der Waals surface area contributed by atoms with Gasteiger partial charge in [0.1, 0.15) is 5.76 Å². The lowest BCUT2D eigenvalue weighted by atomic mass is 9.99. The van der Waals surface area contributed by atoms with Gasteiger partial charge in [0.05, 0.1) is 11.8 Å². The minimum absolute atomic E-state index is 0.0525. The van der Waals surface area contributed by atoms with Crippen molar-refractivity contribution in [3.63, 3.8) is 0 Å². The minimum atomic E-state index is -0.0525. The van der Waals surface area contributed by atoms with Crippen LogP contribution in [0.15, 0.2) is 53.3 Å². The smallest absolute Gasteiger partial charge is 0.101 e. The summed E-state index contributed by atoms with van der Waals surface area (Å²) in [6.07, 6.45) is 4.36. The van der Waals surface area contributed by atoms with E-state index in [2.05, 4.69) is 11.1 Å². The first-order valence-corrected chi connectivity index (χ1v) is 6.37. The lowest BCUT2D eigenvalue weighted by Gasteiger charge is -2.11. The summed E-state index contributed by atoms with van der Waals surface area (Å²) < 4.78 is 5.32. The van der Waals surface area contributed by atoms with Crippen LogP contribution in [-0.4, -0.2) is 4.98 Å².